The molecule has 12 heteroatoms. The van der Waals surface area contributed by atoms with Gasteiger partial charge in [0.1, 0.15) is 16.9 Å². The average molecular weight is 608 g/mol. The van der Waals surface area contributed by atoms with E-state index in [2.05, 4.69) is 20.4 Å². The molecule has 2 aromatic carbocycles. The number of amides is 2. The van der Waals surface area contributed by atoms with Gasteiger partial charge in [0, 0.05) is 74.2 Å². The zero-order chi connectivity index (χ0) is 30.6. The molecule has 2 fully saturated rings. The zero-order valence-corrected chi connectivity index (χ0v) is 26.2. The molecule has 2 amide bonds. The van der Waals surface area contributed by atoms with Crippen LogP contribution >= 0.6 is 11.6 Å². The molecule has 2 aromatic heterocycles. The third kappa shape index (κ3) is 5.82. The highest BCUT2D eigenvalue weighted by atomic mass is 35.5. The van der Waals surface area contributed by atoms with E-state index in [0.717, 1.165) is 60.7 Å². The summed E-state index contributed by atoms with van der Waals surface area (Å²) in [6, 6.07) is 5.87. The number of hydrogen-bond donors (Lipinski definition) is 1. The van der Waals surface area contributed by atoms with E-state index in [-0.39, 0.29) is 24.1 Å². The lowest BCUT2D eigenvalue weighted by atomic mass is 10.0. The van der Waals surface area contributed by atoms with Crippen molar-refractivity contribution in [3.8, 4) is 5.75 Å². The van der Waals surface area contributed by atoms with Crippen molar-refractivity contribution in [1.29, 1.82) is 0 Å². The first-order valence-electron chi connectivity index (χ1n) is 14.7. The van der Waals surface area contributed by atoms with E-state index in [1.165, 1.54) is 0 Å². The Labute approximate surface area is 255 Å². The van der Waals surface area contributed by atoms with Gasteiger partial charge in [-0.05, 0) is 58.6 Å². The molecule has 1 aliphatic heterocycles. The number of carbonyl (C=O) groups is 2. The molecule has 0 spiro atoms. The number of aromatic nitrogens is 4. The molecule has 1 N–H and O–H groups in total. The molecule has 0 radical (unpaired) electrons. The van der Waals surface area contributed by atoms with Gasteiger partial charge in [-0.2, -0.15) is 10.2 Å². The summed E-state index contributed by atoms with van der Waals surface area (Å²) in [6.45, 7) is 7.19. The Balaban J connectivity index is 1.25. The molecule has 0 bridgehead atoms. The number of nitrogens with zero attached hydrogens (tertiary/aromatic N) is 6. The largest absolute Gasteiger partial charge is 0.494 e. The Kier molecular flexibility index (Phi) is 7.40. The minimum atomic E-state index is -0.529. The van der Waals surface area contributed by atoms with Crippen molar-refractivity contribution in [3.63, 3.8) is 0 Å². The highest BCUT2D eigenvalue weighted by Gasteiger charge is 2.41. The van der Waals surface area contributed by atoms with Crippen LogP contribution in [0.3, 0.4) is 0 Å². The average Bonchev–Trinajstić information content (AvgIpc) is 3.57. The van der Waals surface area contributed by atoms with Gasteiger partial charge in [-0.15, -0.1) is 0 Å². The summed E-state index contributed by atoms with van der Waals surface area (Å²) in [7, 11) is 5.23. The minimum absolute atomic E-state index is 0.121. The number of rotatable bonds is 6. The monoisotopic (exact) mass is 607 g/mol. The van der Waals surface area contributed by atoms with Crippen LogP contribution in [-0.2, 0) is 18.8 Å². The van der Waals surface area contributed by atoms with Gasteiger partial charge in [-0.25, -0.2) is 4.79 Å². The fraction of sp³-hybridized carbons (Fsp3) is 0.484. The number of methoxy groups -OCH3 is 1. The van der Waals surface area contributed by atoms with Crippen molar-refractivity contribution in [1.82, 2.24) is 24.5 Å². The zero-order valence-electron chi connectivity index (χ0n) is 25.5. The number of aryl methyl sites for hydroxylation is 2. The molecular weight excluding hydrogens is 570 g/mol. The second-order valence-corrected chi connectivity index (χ2v) is 12.9. The van der Waals surface area contributed by atoms with Crippen LogP contribution in [0.25, 0.3) is 21.8 Å². The van der Waals surface area contributed by atoms with E-state index in [1.807, 2.05) is 64.3 Å². The number of piperidine rings is 1. The number of hydrogen-bond acceptors (Lipinski definition) is 7. The van der Waals surface area contributed by atoms with Gasteiger partial charge >= 0.3 is 6.09 Å². The van der Waals surface area contributed by atoms with Gasteiger partial charge in [0.15, 0.2) is 0 Å². The Morgan fingerprint density at radius 1 is 1.00 bits per heavy atom. The van der Waals surface area contributed by atoms with Crippen molar-refractivity contribution >= 4 is 56.8 Å². The summed E-state index contributed by atoms with van der Waals surface area (Å²) in [5, 5.41) is 14.1. The molecule has 228 valence electrons. The minimum Gasteiger partial charge on any atom is -0.494 e. The number of carbonyl (C=O) groups excluding carboxylic acids is 2. The van der Waals surface area contributed by atoms with Gasteiger partial charge in [-0.3, -0.25) is 14.2 Å². The van der Waals surface area contributed by atoms with E-state index in [4.69, 9.17) is 21.1 Å². The maximum Gasteiger partial charge on any atom is 0.410 e. The molecular formula is C31H38ClN7O4. The molecule has 1 aliphatic carbocycles. The third-order valence-electron chi connectivity index (χ3n) is 8.00. The highest BCUT2D eigenvalue weighted by molar-refractivity contribution is 6.37. The van der Waals surface area contributed by atoms with Gasteiger partial charge < -0.3 is 24.6 Å². The van der Waals surface area contributed by atoms with E-state index < -0.39 is 5.60 Å². The Morgan fingerprint density at radius 3 is 2.33 bits per heavy atom. The third-order valence-corrected chi connectivity index (χ3v) is 8.30. The lowest BCUT2D eigenvalue weighted by Crippen LogP contribution is -2.50. The molecule has 43 heavy (non-hydrogen) atoms. The Hall–Kier alpha value is -3.99. The van der Waals surface area contributed by atoms with E-state index in [0.29, 0.717) is 27.5 Å². The Morgan fingerprint density at radius 2 is 1.67 bits per heavy atom. The molecule has 0 unspecified atom stereocenters. The van der Waals surface area contributed by atoms with Crippen LogP contribution in [0.1, 0.15) is 56.8 Å². The molecule has 1 saturated carbocycles. The lowest BCUT2D eigenvalue weighted by Gasteiger charge is -2.40. The van der Waals surface area contributed by atoms with Crippen LogP contribution in [0.15, 0.2) is 30.6 Å². The molecule has 1 saturated heterocycles. The van der Waals surface area contributed by atoms with Crippen molar-refractivity contribution < 1.29 is 19.1 Å². The number of anilines is 2. The summed E-state index contributed by atoms with van der Waals surface area (Å²) >= 11 is 6.85. The van der Waals surface area contributed by atoms with Gasteiger partial charge in [0.2, 0.25) is 0 Å². The van der Waals surface area contributed by atoms with Crippen molar-refractivity contribution in [2.24, 2.45) is 14.1 Å². The van der Waals surface area contributed by atoms with Crippen LogP contribution in [0.4, 0.5) is 16.2 Å². The molecule has 4 aromatic rings. The molecule has 11 nitrogen and oxygen atoms in total. The smallest absolute Gasteiger partial charge is 0.410 e. The second-order valence-electron chi connectivity index (χ2n) is 12.5. The van der Waals surface area contributed by atoms with Crippen molar-refractivity contribution in [2.45, 2.75) is 64.1 Å². The number of halogens is 1. The van der Waals surface area contributed by atoms with Crippen LogP contribution in [0, 0.1) is 0 Å². The predicted octanol–water partition coefficient (Wildman–Crippen LogP) is 5.74. The van der Waals surface area contributed by atoms with Crippen LogP contribution in [0.2, 0.25) is 5.02 Å². The molecule has 3 heterocycles. The summed E-state index contributed by atoms with van der Waals surface area (Å²) in [4.78, 5) is 31.0. The van der Waals surface area contributed by atoms with Crippen LogP contribution < -0.4 is 15.0 Å². The maximum absolute atomic E-state index is 13.7. The fourth-order valence-corrected chi connectivity index (χ4v) is 6.28. The first kappa shape index (κ1) is 29.1. The quantitative estimate of drug-likeness (QED) is 0.298. The van der Waals surface area contributed by atoms with E-state index in [9.17, 15) is 9.59 Å². The van der Waals surface area contributed by atoms with Crippen LogP contribution in [0.5, 0.6) is 5.75 Å². The standard InChI is InChI=1S/C31H38ClN7O4/c1-31(2,3)43-30(41)39(19-7-8-19)20-9-11-38(12-10-20)25-14-22(32)27(28-21(25)17-37(5)35-28)29(40)33-24-13-18-16-36(4)34-23(18)15-26(24)42-6/h13-17,19-20H,7-12H2,1-6H3,(H,33,40). The van der Waals surface area contributed by atoms with Gasteiger partial charge in [0.05, 0.1) is 28.9 Å². The van der Waals surface area contributed by atoms with E-state index in [1.54, 1.807) is 22.5 Å². The molecule has 0 atom stereocenters. The van der Waals surface area contributed by atoms with Crippen molar-refractivity contribution in [2.75, 3.05) is 30.4 Å². The highest BCUT2D eigenvalue weighted by Crippen LogP contribution is 2.39. The predicted molar refractivity (Wildman–Crippen MR) is 167 cm³/mol. The summed E-state index contributed by atoms with van der Waals surface area (Å²) in [6.07, 6.45) is 7.25. The van der Waals surface area contributed by atoms with Gasteiger partial charge in [-0.1, -0.05) is 11.6 Å². The fourth-order valence-electron chi connectivity index (χ4n) is 6.00. The van der Waals surface area contributed by atoms with Crippen molar-refractivity contribution in [3.05, 3.63) is 41.2 Å². The van der Waals surface area contributed by atoms with E-state index >= 15 is 0 Å². The second kappa shape index (κ2) is 10.9. The maximum atomic E-state index is 13.7. The first-order valence-corrected chi connectivity index (χ1v) is 15.0. The summed E-state index contributed by atoms with van der Waals surface area (Å²) in [5.41, 5.74) is 2.51. The number of benzene rings is 2. The topological polar surface area (TPSA) is 107 Å². The number of ether oxygens (including phenoxy) is 2. The number of fused-ring (bicyclic) bond motifs is 2. The van der Waals surface area contributed by atoms with Gasteiger partial charge in [0.25, 0.3) is 5.91 Å². The normalized spacial score (nSPS) is 16.1. The molecule has 2 aliphatic rings. The summed E-state index contributed by atoms with van der Waals surface area (Å²) in [5.74, 6) is 0.122. The summed E-state index contributed by atoms with van der Waals surface area (Å²) < 4.78 is 14.7. The lowest BCUT2D eigenvalue weighted by molar-refractivity contribution is 0.0114. The first-order chi connectivity index (χ1) is 20.4. The SMILES string of the molecule is COc1cc2nn(C)cc2cc1NC(=O)c1c(Cl)cc(N2CCC(N(C(=O)OC(C)(C)C)C3CC3)CC2)c2cn(C)nc12. The molecule has 6 rings (SSSR count). The Bertz CT molecular complexity index is 1710. The van der Waals surface area contributed by atoms with Crippen LogP contribution in [-0.4, -0.2) is 74.3 Å². The number of nitrogens with one attached hydrogen (secondary N) is 1.